The zero-order valence-electron chi connectivity index (χ0n) is 18.1. The molecule has 31 heavy (non-hydrogen) atoms. The highest BCUT2D eigenvalue weighted by Gasteiger charge is 2.18. The highest BCUT2D eigenvalue weighted by Crippen LogP contribution is 2.27. The zero-order chi connectivity index (χ0) is 23.0. The first-order chi connectivity index (χ1) is 14.6. The third-order valence-electron chi connectivity index (χ3n) is 4.07. The second-order valence-electron chi connectivity index (χ2n) is 7.88. The van der Waals surface area contributed by atoms with Gasteiger partial charge in [-0.2, -0.15) is 0 Å². The fraction of sp³-hybridized carbons (Fsp3) is 0.364. The number of nitrogens with zero attached hydrogens (tertiary/aromatic N) is 1. The van der Waals surface area contributed by atoms with Crippen LogP contribution in [0.25, 0.3) is 0 Å². The molecule has 8 nitrogen and oxygen atoms in total. The van der Waals surface area contributed by atoms with Crippen LogP contribution in [0.1, 0.15) is 26.3 Å². The number of halogens is 1. The average molecular weight is 433 g/mol. The number of anilines is 1. The Kier molecular flexibility index (Phi) is 8.07. The lowest BCUT2D eigenvalue weighted by Crippen LogP contribution is -2.42. The Balaban J connectivity index is 2.09. The summed E-state index contributed by atoms with van der Waals surface area (Å²) in [5.74, 6) is -0.155. The first-order valence-electron chi connectivity index (χ1n) is 9.70. The number of amides is 3. The minimum Gasteiger partial charge on any atom is -0.504 e. The standard InChI is InChI=1S/C22H28FN3O5/c1-22(2,3)25-21(29)31-12-11-26(14-15-5-10-18(27)19(13-15)30-4)20(28)24-17-8-6-16(23)7-9-17/h5-10,13,27H,11-12,14H2,1-4H3,(H,24,28)(H,25,29). The quantitative estimate of drug-likeness (QED) is 0.611. The molecule has 0 aliphatic rings. The lowest BCUT2D eigenvalue weighted by atomic mass is 10.1. The van der Waals surface area contributed by atoms with Gasteiger partial charge < -0.3 is 30.1 Å². The summed E-state index contributed by atoms with van der Waals surface area (Å²) in [7, 11) is 1.43. The minimum absolute atomic E-state index is 0.0178. The van der Waals surface area contributed by atoms with Crippen molar-refractivity contribution < 1.29 is 28.6 Å². The van der Waals surface area contributed by atoms with E-state index in [0.717, 1.165) is 0 Å². The molecule has 0 aromatic heterocycles. The minimum atomic E-state index is -0.585. The Morgan fingerprint density at radius 2 is 1.81 bits per heavy atom. The molecule has 0 radical (unpaired) electrons. The molecular weight excluding hydrogens is 405 g/mol. The lowest BCUT2D eigenvalue weighted by Gasteiger charge is -2.24. The smallest absolute Gasteiger partial charge is 0.407 e. The van der Waals surface area contributed by atoms with Crippen molar-refractivity contribution in [1.82, 2.24) is 10.2 Å². The van der Waals surface area contributed by atoms with Crippen LogP contribution in [0, 0.1) is 5.82 Å². The molecule has 0 aliphatic carbocycles. The maximum Gasteiger partial charge on any atom is 0.407 e. The highest BCUT2D eigenvalue weighted by molar-refractivity contribution is 5.89. The van der Waals surface area contributed by atoms with Gasteiger partial charge in [-0.1, -0.05) is 6.07 Å². The van der Waals surface area contributed by atoms with E-state index in [-0.39, 0.29) is 31.2 Å². The van der Waals surface area contributed by atoms with E-state index >= 15 is 0 Å². The van der Waals surface area contributed by atoms with Gasteiger partial charge in [0.15, 0.2) is 11.5 Å². The maximum absolute atomic E-state index is 13.1. The molecule has 0 aliphatic heterocycles. The van der Waals surface area contributed by atoms with Gasteiger partial charge in [-0.05, 0) is 62.7 Å². The van der Waals surface area contributed by atoms with E-state index in [1.54, 1.807) is 12.1 Å². The van der Waals surface area contributed by atoms with Crippen molar-refractivity contribution in [3.05, 3.63) is 53.8 Å². The van der Waals surface area contributed by atoms with Crippen LogP contribution in [-0.4, -0.2) is 47.9 Å². The summed E-state index contributed by atoms with van der Waals surface area (Å²) in [5.41, 5.74) is 0.674. The summed E-state index contributed by atoms with van der Waals surface area (Å²) in [6.45, 7) is 5.72. The van der Waals surface area contributed by atoms with Crippen molar-refractivity contribution >= 4 is 17.8 Å². The van der Waals surface area contributed by atoms with Crippen LogP contribution in [0.2, 0.25) is 0 Å². The predicted octanol–water partition coefficient (Wildman–Crippen LogP) is 4.10. The zero-order valence-corrected chi connectivity index (χ0v) is 18.1. The number of carbonyl (C=O) groups excluding carboxylic acids is 2. The van der Waals surface area contributed by atoms with E-state index in [0.29, 0.717) is 11.3 Å². The van der Waals surface area contributed by atoms with Crippen LogP contribution < -0.4 is 15.4 Å². The van der Waals surface area contributed by atoms with Gasteiger partial charge in [0.2, 0.25) is 0 Å². The number of phenolic OH excluding ortho intramolecular Hbond substituents is 1. The number of rotatable bonds is 7. The van der Waals surface area contributed by atoms with Crippen molar-refractivity contribution in [3.63, 3.8) is 0 Å². The van der Waals surface area contributed by atoms with Gasteiger partial charge in [0.1, 0.15) is 12.4 Å². The number of ether oxygens (including phenoxy) is 2. The first kappa shape index (κ1) is 23.8. The molecule has 0 bridgehead atoms. The van der Waals surface area contributed by atoms with Crippen LogP contribution in [0.4, 0.5) is 19.7 Å². The van der Waals surface area contributed by atoms with Crippen molar-refractivity contribution in [3.8, 4) is 11.5 Å². The summed E-state index contributed by atoms with van der Waals surface area (Å²) in [5, 5.41) is 15.1. The first-order valence-corrected chi connectivity index (χ1v) is 9.70. The number of aromatic hydroxyl groups is 1. The molecule has 0 fully saturated rings. The van der Waals surface area contributed by atoms with Crippen LogP contribution >= 0.6 is 0 Å². The molecule has 3 N–H and O–H groups in total. The van der Waals surface area contributed by atoms with Gasteiger partial charge in [-0.15, -0.1) is 0 Å². The fourth-order valence-corrected chi connectivity index (χ4v) is 2.62. The highest BCUT2D eigenvalue weighted by atomic mass is 19.1. The number of carbonyl (C=O) groups is 2. The fourth-order valence-electron chi connectivity index (χ4n) is 2.62. The number of hydrogen-bond donors (Lipinski definition) is 3. The molecule has 0 unspecified atom stereocenters. The predicted molar refractivity (Wildman–Crippen MR) is 115 cm³/mol. The third kappa shape index (κ3) is 8.04. The SMILES string of the molecule is COc1cc(CN(CCOC(=O)NC(C)(C)C)C(=O)Nc2ccc(F)cc2)ccc1O. The Labute approximate surface area is 181 Å². The molecule has 0 atom stereocenters. The van der Waals surface area contributed by atoms with Crippen molar-refractivity contribution in [2.75, 3.05) is 25.6 Å². The number of urea groups is 1. The van der Waals surface area contributed by atoms with E-state index in [1.165, 1.54) is 42.3 Å². The van der Waals surface area contributed by atoms with E-state index < -0.39 is 23.5 Å². The molecule has 2 aromatic rings. The normalized spacial score (nSPS) is 10.9. The summed E-state index contributed by atoms with van der Waals surface area (Å²) in [6, 6.07) is 9.65. The topological polar surface area (TPSA) is 100 Å². The molecule has 168 valence electrons. The van der Waals surface area contributed by atoms with E-state index in [9.17, 15) is 19.1 Å². The van der Waals surface area contributed by atoms with Gasteiger partial charge >= 0.3 is 12.1 Å². The van der Waals surface area contributed by atoms with Crippen molar-refractivity contribution in [2.24, 2.45) is 0 Å². The van der Waals surface area contributed by atoms with E-state index in [1.807, 2.05) is 20.8 Å². The van der Waals surface area contributed by atoms with Gasteiger partial charge in [-0.3, -0.25) is 0 Å². The lowest BCUT2D eigenvalue weighted by molar-refractivity contribution is 0.124. The van der Waals surface area contributed by atoms with Gasteiger partial charge in [0.05, 0.1) is 13.7 Å². The van der Waals surface area contributed by atoms with Crippen molar-refractivity contribution in [1.29, 1.82) is 0 Å². The molecular formula is C22H28FN3O5. The molecule has 0 spiro atoms. The summed E-state index contributed by atoms with van der Waals surface area (Å²) < 4.78 is 23.4. The Bertz CT molecular complexity index is 897. The van der Waals surface area contributed by atoms with Crippen LogP contribution in [0.5, 0.6) is 11.5 Å². The molecule has 2 rings (SSSR count). The number of nitrogens with one attached hydrogen (secondary N) is 2. The monoisotopic (exact) mass is 433 g/mol. The third-order valence-corrected chi connectivity index (χ3v) is 4.07. The molecule has 0 saturated carbocycles. The summed E-state index contributed by atoms with van der Waals surface area (Å²) in [6.07, 6.45) is -0.585. The number of phenols is 1. The van der Waals surface area contributed by atoms with Crippen LogP contribution in [-0.2, 0) is 11.3 Å². The Hall–Kier alpha value is -3.49. The van der Waals surface area contributed by atoms with E-state index in [4.69, 9.17) is 9.47 Å². The molecule has 0 heterocycles. The number of hydrogen-bond acceptors (Lipinski definition) is 5. The molecule has 9 heteroatoms. The van der Waals surface area contributed by atoms with Crippen LogP contribution in [0.15, 0.2) is 42.5 Å². The van der Waals surface area contributed by atoms with Gasteiger partial charge in [0.25, 0.3) is 0 Å². The van der Waals surface area contributed by atoms with Crippen molar-refractivity contribution in [2.45, 2.75) is 32.9 Å². The largest absolute Gasteiger partial charge is 0.504 e. The Morgan fingerprint density at radius 1 is 1.13 bits per heavy atom. The van der Waals surface area contributed by atoms with E-state index in [2.05, 4.69) is 10.6 Å². The van der Waals surface area contributed by atoms with Gasteiger partial charge in [-0.25, -0.2) is 14.0 Å². The second-order valence-corrected chi connectivity index (χ2v) is 7.88. The Morgan fingerprint density at radius 3 is 2.42 bits per heavy atom. The summed E-state index contributed by atoms with van der Waals surface area (Å²) in [4.78, 5) is 26.1. The molecule has 3 amide bonds. The van der Waals surface area contributed by atoms with Crippen LogP contribution in [0.3, 0.4) is 0 Å². The van der Waals surface area contributed by atoms with Gasteiger partial charge in [0, 0.05) is 17.8 Å². The number of benzene rings is 2. The maximum atomic E-state index is 13.1. The number of methoxy groups -OCH3 is 1. The average Bonchev–Trinajstić information content (AvgIpc) is 2.68. The molecule has 2 aromatic carbocycles. The molecule has 0 saturated heterocycles. The summed E-state index contributed by atoms with van der Waals surface area (Å²) >= 11 is 0. The number of alkyl carbamates (subject to hydrolysis) is 1. The second kappa shape index (κ2) is 10.5.